The Bertz CT molecular complexity index is 720. The Morgan fingerprint density at radius 1 is 1.11 bits per heavy atom. The van der Waals surface area contributed by atoms with Gasteiger partial charge in [0.2, 0.25) is 0 Å². The van der Waals surface area contributed by atoms with Crippen molar-refractivity contribution in [3.05, 3.63) is 57.8 Å². The van der Waals surface area contributed by atoms with Crippen molar-refractivity contribution >= 4 is 17.3 Å². The Morgan fingerprint density at radius 2 is 1.82 bits per heavy atom. The summed E-state index contributed by atoms with van der Waals surface area (Å²) in [5, 5.41) is 8.89. The molecular formula is C22H32N4OS. The summed E-state index contributed by atoms with van der Waals surface area (Å²) in [7, 11) is 1.81. The highest BCUT2D eigenvalue weighted by atomic mass is 32.1. The molecule has 1 aromatic carbocycles. The van der Waals surface area contributed by atoms with Gasteiger partial charge in [-0.15, -0.1) is 11.3 Å². The van der Waals surface area contributed by atoms with Gasteiger partial charge in [0.25, 0.3) is 0 Å². The van der Waals surface area contributed by atoms with E-state index in [1.54, 1.807) is 11.3 Å². The third-order valence-electron chi connectivity index (χ3n) is 4.85. The second kappa shape index (κ2) is 10.6. The van der Waals surface area contributed by atoms with Gasteiger partial charge in [-0.05, 0) is 42.8 Å². The summed E-state index contributed by atoms with van der Waals surface area (Å²) in [5.41, 5.74) is 2.61. The van der Waals surface area contributed by atoms with E-state index < -0.39 is 0 Å². The summed E-state index contributed by atoms with van der Waals surface area (Å²) in [4.78, 5) is 8.18. The monoisotopic (exact) mass is 400 g/mol. The largest absolute Gasteiger partial charge is 0.373 e. The zero-order valence-electron chi connectivity index (χ0n) is 17.1. The number of guanidine groups is 1. The Kier molecular flexibility index (Phi) is 7.89. The number of morpholine rings is 1. The zero-order valence-corrected chi connectivity index (χ0v) is 18.0. The molecule has 0 spiro atoms. The normalized spacial score (nSPS) is 20.9. The summed E-state index contributed by atoms with van der Waals surface area (Å²) in [5.74, 6) is 0.844. The third-order valence-corrected chi connectivity index (χ3v) is 5.79. The highest BCUT2D eigenvalue weighted by Crippen LogP contribution is 2.15. The minimum absolute atomic E-state index is 0.311. The second-order valence-electron chi connectivity index (χ2n) is 7.45. The maximum absolute atomic E-state index is 5.82. The number of benzene rings is 1. The maximum Gasteiger partial charge on any atom is 0.191 e. The summed E-state index contributed by atoms with van der Waals surface area (Å²) >= 11 is 1.80. The SMILES string of the molecule is CN=C(NCCc1cccs1)NCc1ccc(CN2CC(C)OC(C)C2)cc1. The average molecular weight is 401 g/mol. The molecule has 5 nitrogen and oxygen atoms in total. The number of rotatable bonds is 7. The van der Waals surface area contributed by atoms with E-state index in [-0.39, 0.29) is 0 Å². The van der Waals surface area contributed by atoms with E-state index in [1.165, 1.54) is 16.0 Å². The van der Waals surface area contributed by atoms with Crippen LogP contribution in [-0.4, -0.2) is 49.7 Å². The van der Waals surface area contributed by atoms with E-state index in [2.05, 4.69) is 76.2 Å². The standard InChI is InChI=1S/C22H32N4OS/c1-17-14-26(15-18(2)27-17)16-20-8-6-19(7-9-20)13-25-22(23-3)24-11-10-21-5-4-12-28-21/h4-9,12,17-18H,10-11,13-16H2,1-3H3,(H2,23,24,25). The predicted octanol–water partition coefficient (Wildman–Crippen LogP) is 3.27. The van der Waals surface area contributed by atoms with E-state index in [9.17, 15) is 0 Å². The molecule has 1 aromatic heterocycles. The van der Waals surface area contributed by atoms with Crippen molar-refractivity contribution in [2.24, 2.45) is 4.99 Å². The Hall–Kier alpha value is -1.89. The topological polar surface area (TPSA) is 48.9 Å². The van der Waals surface area contributed by atoms with Gasteiger partial charge in [0.15, 0.2) is 5.96 Å². The van der Waals surface area contributed by atoms with Gasteiger partial charge in [0.1, 0.15) is 0 Å². The molecule has 2 N–H and O–H groups in total. The molecule has 0 saturated carbocycles. The molecule has 0 aliphatic carbocycles. The molecule has 1 fully saturated rings. The Labute approximate surface area is 172 Å². The summed E-state index contributed by atoms with van der Waals surface area (Å²) < 4.78 is 5.82. The van der Waals surface area contributed by atoms with Crippen LogP contribution in [0.5, 0.6) is 0 Å². The number of aliphatic imine (C=N–C) groups is 1. The van der Waals surface area contributed by atoms with Crippen LogP contribution in [0.15, 0.2) is 46.8 Å². The molecule has 1 aliphatic rings. The van der Waals surface area contributed by atoms with Crippen LogP contribution >= 0.6 is 11.3 Å². The van der Waals surface area contributed by atoms with Gasteiger partial charge >= 0.3 is 0 Å². The fourth-order valence-electron chi connectivity index (χ4n) is 3.60. The van der Waals surface area contributed by atoms with Gasteiger partial charge in [-0.25, -0.2) is 0 Å². The molecule has 2 heterocycles. The fraction of sp³-hybridized carbons (Fsp3) is 0.500. The molecule has 2 atom stereocenters. The van der Waals surface area contributed by atoms with E-state index in [4.69, 9.17) is 4.74 Å². The molecule has 0 amide bonds. The molecule has 0 radical (unpaired) electrons. The lowest BCUT2D eigenvalue weighted by molar-refractivity contribution is -0.0704. The van der Waals surface area contributed by atoms with Gasteiger partial charge < -0.3 is 15.4 Å². The van der Waals surface area contributed by atoms with Gasteiger partial charge in [-0.1, -0.05) is 30.3 Å². The first-order chi connectivity index (χ1) is 13.6. The molecule has 1 aliphatic heterocycles. The van der Waals surface area contributed by atoms with Gasteiger partial charge in [-0.3, -0.25) is 9.89 Å². The van der Waals surface area contributed by atoms with Crippen LogP contribution in [0.2, 0.25) is 0 Å². The molecule has 152 valence electrons. The molecule has 2 unspecified atom stereocenters. The van der Waals surface area contributed by atoms with Crippen LogP contribution in [0.1, 0.15) is 29.9 Å². The minimum Gasteiger partial charge on any atom is -0.373 e. The van der Waals surface area contributed by atoms with Crippen molar-refractivity contribution in [3.63, 3.8) is 0 Å². The van der Waals surface area contributed by atoms with E-state index in [1.807, 2.05) is 7.05 Å². The molecular weight excluding hydrogens is 368 g/mol. The second-order valence-corrected chi connectivity index (χ2v) is 8.48. The summed E-state index contributed by atoms with van der Waals surface area (Å²) in [6.07, 6.45) is 1.64. The lowest BCUT2D eigenvalue weighted by Gasteiger charge is -2.35. The maximum atomic E-state index is 5.82. The van der Waals surface area contributed by atoms with Crippen molar-refractivity contribution < 1.29 is 4.74 Å². The van der Waals surface area contributed by atoms with Crippen LogP contribution in [0.3, 0.4) is 0 Å². The lowest BCUT2D eigenvalue weighted by Crippen LogP contribution is -2.44. The highest BCUT2D eigenvalue weighted by Gasteiger charge is 2.21. The smallest absolute Gasteiger partial charge is 0.191 e. The number of hydrogen-bond donors (Lipinski definition) is 2. The van der Waals surface area contributed by atoms with Crippen molar-refractivity contribution in [3.8, 4) is 0 Å². The van der Waals surface area contributed by atoms with Crippen LogP contribution in [0, 0.1) is 0 Å². The minimum atomic E-state index is 0.311. The van der Waals surface area contributed by atoms with Crippen LogP contribution < -0.4 is 10.6 Å². The van der Waals surface area contributed by atoms with Crippen molar-refractivity contribution in [1.29, 1.82) is 0 Å². The molecule has 28 heavy (non-hydrogen) atoms. The van der Waals surface area contributed by atoms with E-state index in [0.717, 1.165) is 45.1 Å². The Balaban J connectivity index is 1.41. The van der Waals surface area contributed by atoms with Crippen molar-refractivity contribution in [1.82, 2.24) is 15.5 Å². The molecule has 2 aromatic rings. The molecule has 0 bridgehead atoms. The summed E-state index contributed by atoms with van der Waals surface area (Å²) in [6.45, 7) is 8.94. The number of nitrogens with zero attached hydrogens (tertiary/aromatic N) is 2. The van der Waals surface area contributed by atoms with Gasteiger partial charge in [0, 0.05) is 44.6 Å². The first kappa shape index (κ1) is 20.8. The van der Waals surface area contributed by atoms with Crippen LogP contribution in [0.25, 0.3) is 0 Å². The number of thiophene rings is 1. The summed E-state index contributed by atoms with van der Waals surface area (Å²) in [6, 6.07) is 13.1. The number of nitrogens with one attached hydrogen (secondary N) is 2. The van der Waals surface area contributed by atoms with Gasteiger partial charge in [0.05, 0.1) is 12.2 Å². The predicted molar refractivity (Wildman–Crippen MR) is 118 cm³/mol. The lowest BCUT2D eigenvalue weighted by atomic mass is 10.1. The van der Waals surface area contributed by atoms with Crippen molar-refractivity contribution in [2.75, 3.05) is 26.7 Å². The Morgan fingerprint density at radius 3 is 2.46 bits per heavy atom. The molecule has 3 rings (SSSR count). The number of hydrogen-bond acceptors (Lipinski definition) is 4. The number of ether oxygens (including phenoxy) is 1. The fourth-order valence-corrected chi connectivity index (χ4v) is 4.31. The van der Waals surface area contributed by atoms with E-state index >= 15 is 0 Å². The quantitative estimate of drug-likeness (QED) is 0.553. The van der Waals surface area contributed by atoms with Crippen LogP contribution in [0.4, 0.5) is 0 Å². The first-order valence-corrected chi connectivity index (χ1v) is 10.9. The van der Waals surface area contributed by atoms with E-state index in [0.29, 0.717) is 12.2 Å². The highest BCUT2D eigenvalue weighted by molar-refractivity contribution is 7.09. The van der Waals surface area contributed by atoms with Crippen LogP contribution in [-0.2, 0) is 24.2 Å². The van der Waals surface area contributed by atoms with Gasteiger partial charge in [-0.2, -0.15) is 0 Å². The third kappa shape index (κ3) is 6.62. The molecule has 1 saturated heterocycles. The van der Waals surface area contributed by atoms with Crippen molar-refractivity contribution in [2.45, 2.75) is 45.6 Å². The first-order valence-electron chi connectivity index (χ1n) is 10.0. The molecule has 6 heteroatoms. The zero-order chi connectivity index (χ0) is 19.8. The average Bonchev–Trinajstić information content (AvgIpc) is 3.18.